The lowest BCUT2D eigenvalue weighted by Gasteiger charge is -2.35. The number of aromatic nitrogens is 1. The molecule has 2 aliphatic rings. The molecule has 0 spiro atoms. The van der Waals surface area contributed by atoms with Crippen molar-refractivity contribution in [2.24, 2.45) is 0 Å². The van der Waals surface area contributed by atoms with E-state index in [2.05, 4.69) is 10.1 Å². The van der Waals surface area contributed by atoms with Crippen molar-refractivity contribution in [2.45, 2.75) is 12.5 Å². The largest absolute Gasteiger partial charge is 0.461 e. The Hall–Kier alpha value is -1.77. The van der Waals surface area contributed by atoms with Crippen molar-refractivity contribution in [3.8, 4) is 11.5 Å². The number of nitrogens with zero attached hydrogens (tertiary/aromatic N) is 3. The van der Waals surface area contributed by atoms with Gasteiger partial charge in [-0.25, -0.2) is 0 Å². The van der Waals surface area contributed by atoms with Crippen LogP contribution >= 0.6 is 11.8 Å². The van der Waals surface area contributed by atoms with Crippen molar-refractivity contribution in [3.05, 3.63) is 30.2 Å². The van der Waals surface area contributed by atoms with Gasteiger partial charge in [0.25, 0.3) is 5.91 Å². The molecule has 0 N–H and O–H groups in total. The molecular weight excluding hydrogens is 354 g/mol. The number of furan rings is 1. The molecule has 2 aliphatic heterocycles. The van der Waals surface area contributed by atoms with Crippen LogP contribution in [0.25, 0.3) is 11.5 Å². The van der Waals surface area contributed by atoms with Crippen LogP contribution in [0.2, 0.25) is 0 Å². The summed E-state index contributed by atoms with van der Waals surface area (Å²) in [6, 6.07) is 5.42. The molecule has 1 atom stereocenters. The summed E-state index contributed by atoms with van der Waals surface area (Å²) in [6.07, 6.45) is 2.57. The fraction of sp³-hybridized carbons (Fsp3) is 0.556. The van der Waals surface area contributed by atoms with Crippen molar-refractivity contribution in [1.82, 2.24) is 15.0 Å². The number of amides is 1. The van der Waals surface area contributed by atoms with Crippen LogP contribution in [0, 0.1) is 0 Å². The molecule has 0 aliphatic carbocycles. The predicted molar refractivity (Wildman–Crippen MR) is 98.2 cm³/mol. The zero-order valence-electron chi connectivity index (χ0n) is 14.6. The van der Waals surface area contributed by atoms with E-state index in [9.17, 15) is 4.79 Å². The van der Waals surface area contributed by atoms with E-state index in [1.165, 1.54) is 0 Å². The molecule has 2 saturated heterocycles. The van der Waals surface area contributed by atoms with Crippen molar-refractivity contribution < 1.29 is 18.5 Å². The van der Waals surface area contributed by atoms with Crippen LogP contribution in [-0.2, 0) is 4.74 Å². The summed E-state index contributed by atoms with van der Waals surface area (Å²) in [5.74, 6) is 3.03. The maximum Gasteiger partial charge on any atom is 0.276 e. The normalized spacial score (nSPS) is 22.3. The second-order valence-corrected chi connectivity index (χ2v) is 7.70. The van der Waals surface area contributed by atoms with Gasteiger partial charge in [0.2, 0.25) is 5.76 Å². The van der Waals surface area contributed by atoms with E-state index in [1.54, 1.807) is 24.5 Å². The van der Waals surface area contributed by atoms with E-state index < -0.39 is 0 Å². The number of carbonyl (C=O) groups excluding carboxylic acids is 1. The first-order valence-corrected chi connectivity index (χ1v) is 10.2. The minimum atomic E-state index is -0.0627. The van der Waals surface area contributed by atoms with Crippen LogP contribution < -0.4 is 0 Å². The summed E-state index contributed by atoms with van der Waals surface area (Å²) in [7, 11) is 0. The molecule has 26 heavy (non-hydrogen) atoms. The molecule has 0 saturated carbocycles. The van der Waals surface area contributed by atoms with Gasteiger partial charge in [-0.3, -0.25) is 9.69 Å². The van der Waals surface area contributed by atoms with Gasteiger partial charge in [-0.2, -0.15) is 11.8 Å². The zero-order chi connectivity index (χ0) is 17.8. The summed E-state index contributed by atoms with van der Waals surface area (Å²) >= 11 is 1.92. The van der Waals surface area contributed by atoms with Crippen molar-refractivity contribution in [2.75, 3.05) is 50.9 Å². The third-order valence-electron chi connectivity index (χ3n) is 4.77. The Balaban J connectivity index is 1.49. The van der Waals surface area contributed by atoms with Crippen molar-refractivity contribution >= 4 is 17.7 Å². The molecule has 1 amide bonds. The van der Waals surface area contributed by atoms with E-state index in [0.29, 0.717) is 17.2 Å². The van der Waals surface area contributed by atoms with Crippen LogP contribution in [0.3, 0.4) is 0 Å². The lowest BCUT2D eigenvalue weighted by molar-refractivity contribution is 0.0243. The van der Waals surface area contributed by atoms with Crippen LogP contribution in [0.4, 0.5) is 0 Å². The van der Waals surface area contributed by atoms with Gasteiger partial charge in [0.1, 0.15) is 0 Å². The summed E-state index contributed by atoms with van der Waals surface area (Å²) in [5.41, 5.74) is 0.343. The highest BCUT2D eigenvalue weighted by Crippen LogP contribution is 2.24. The molecule has 4 rings (SSSR count). The van der Waals surface area contributed by atoms with Gasteiger partial charge in [0, 0.05) is 38.0 Å². The van der Waals surface area contributed by atoms with Gasteiger partial charge >= 0.3 is 0 Å². The van der Waals surface area contributed by atoms with E-state index in [4.69, 9.17) is 13.7 Å². The first kappa shape index (κ1) is 17.6. The van der Waals surface area contributed by atoms with Gasteiger partial charge in [-0.1, -0.05) is 5.16 Å². The Labute approximate surface area is 156 Å². The molecule has 2 aromatic heterocycles. The van der Waals surface area contributed by atoms with Crippen LogP contribution in [0.5, 0.6) is 0 Å². The van der Waals surface area contributed by atoms with Gasteiger partial charge in [-0.05, 0) is 24.3 Å². The van der Waals surface area contributed by atoms with E-state index in [1.807, 2.05) is 16.7 Å². The second-order valence-electron chi connectivity index (χ2n) is 6.55. The maximum atomic E-state index is 13.1. The lowest BCUT2D eigenvalue weighted by atomic mass is 10.2. The standard InChI is InChI=1S/C18H23N3O4S/c22-18(15-11-17(25-19-15)16-3-1-7-24-16)21-4-2-10-26-13-14(21)12-20-5-8-23-9-6-20/h1,3,7,11,14H,2,4-6,8-10,12-13H2. The summed E-state index contributed by atoms with van der Waals surface area (Å²) in [6.45, 7) is 5.02. The maximum absolute atomic E-state index is 13.1. The summed E-state index contributed by atoms with van der Waals surface area (Å²) in [5, 5.41) is 3.99. The first-order chi connectivity index (χ1) is 12.8. The molecule has 2 fully saturated rings. The number of ether oxygens (including phenoxy) is 1. The summed E-state index contributed by atoms with van der Waals surface area (Å²) in [4.78, 5) is 17.5. The molecular formula is C18H23N3O4S. The fourth-order valence-electron chi connectivity index (χ4n) is 3.39. The smallest absolute Gasteiger partial charge is 0.276 e. The molecule has 4 heterocycles. The Kier molecular flexibility index (Phi) is 5.62. The molecule has 2 aromatic rings. The highest BCUT2D eigenvalue weighted by molar-refractivity contribution is 7.99. The Bertz CT molecular complexity index is 712. The molecule has 0 radical (unpaired) electrons. The lowest BCUT2D eigenvalue weighted by Crippen LogP contribution is -2.50. The Morgan fingerprint density at radius 1 is 1.27 bits per heavy atom. The third kappa shape index (κ3) is 3.97. The minimum absolute atomic E-state index is 0.0627. The molecule has 1 unspecified atom stereocenters. The highest BCUT2D eigenvalue weighted by Gasteiger charge is 2.30. The molecule has 0 bridgehead atoms. The molecule has 0 aromatic carbocycles. The van der Waals surface area contributed by atoms with Gasteiger partial charge in [0.05, 0.1) is 25.5 Å². The van der Waals surface area contributed by atoms with Crippen LogP contribution in [0.15, 0.2) is 33.4 Å². The van der Waals surface area contributed by atoms with Gasteiger partial charge in [-0.15, -0.1) is 0 Å². The van der Waals surface area contributed by atoms with Crippen molar-refractivity contribution in [1.29, 1.82) is 0 Å². The van der Waals surface area contributed by atoms with E-state index in [-0.39, 0.29) is 11.9 Å². The first-order valence-electron chi connectivity index (χ1n) is 9.00. The fourth-order valence-corrected chi connectivity index (χ4v) is 4.44. The highest BCUT2D eigenvalue weighted by atomic mass is 32.2. The number of rotatable bonds is 4. The number of hydrogen-bond donors (Lipinski definition) is 0. The average molecular weight is 377 g/mol. The average Bonchev–Trinajstić information content (AvgIpc) is 3.31. The third-order valence-corrected chi connectivity index (χ3v) is 5.96. The second kappa shape index (κ2) is 8.28. The molecule has 140 valence electrons. The number of carbonyl (C=O) groups is 1. The van der Waals surface area contributed by atoms with Gasteiger partial charge < -0.3 is 18.6 Å². The van der Waals surface area contributed by atoms with Crippen molar-refractivity contribution in [3.63, 3.8) is 0 Å². The molecule has 7 nitrogen and oxygen atoms in total. The molecule has 8 heteroatoms. The van der Waals surface area contributed by atoms with E-state index >= 15 is 0 Å². The SMILES string of the molecule is O=C(c1cc(-c2ccco2)on1)N1CCCSCC1CN1CCOCC1. The summed E-state index contributed by atoms with van der Waals surface area (Å²) < 4.78 is 16.1. The number of hydrogen-bond acceptors (Lipinski definition) is 7. The Morgan fingerprint density at radius 3 is 2.96 bits per heavy atom. The zero-order valence-corrected chi connectivity index (χ0v) is 15.5. The van der Waals surface area contributed by atoms with E-state index in [0.717, 1.165) is 57.3 Å². The monoisotopic (exact) mass is 377 g/mol. The van der Waals surface area contributed by atoms with Gasteiger partial charge in [0.15, 0.2) is 11.5 Å². The number of thioether (sulfide) groups is 1. The topological polar surface area (TPSA) is 72.0 Å². The quantitative estimate of drug-likeness (QED) is 0.809. The minimum Gasteiger partial charge on any atom is -0.461 e. The number of morpholine rings is 1. The van der Waals surface area contributed by atoms with Crippen LogP contribution in [-0.4, -0.2) is 77.8 Å². The Morgan fingerprint density at radius 2 is 2.15 bits per heavy atom. The predicted octanol–water partition coefficient (Wildman–Crippen LogP) is 2.21. The van der Waals surface area contributed by atoms with Crippen LogP contribution in [0.1, 0.15) is 16.9 Å².